The first-order valence-corrected chi connectivity index (χ1v) is 7.12. The van der Waals surface area contributed by atoms with Gasteiger partial charge in [0.15, 0.2) is 0 Å². The Kier molecular flexibility index (Phi) is 4.62. The van der Waals surface area contributed by atoms with Gasteiger partial charge in [0.25, 0.3) is 0 Å². The lowest BCUT2D eigenvalue weighted by Gasteiger charge is -2.25. The zero-order valence-corrected chi connectivity index (χ0v) is 12.8. The lowest BCUT2D eigenvalue weighted by Crippen LogP contribution is -2.38. The van der Waals surface area contributed by atoms with Crippen LogP contribution >= 0.6 is 0 Å². The predicted molar refractivity (Wildman–Crippen MR) is 81.6 cm³/mol. The molecule has 0 aliphatic carbocycles. The van der Waals surface area contributed by atoms with E-state index in [9.17, 15) is 9.90 Å². The molecule has 1 aliphatic heterocycles. The molecule has 21 heavy (non-hydrogen) atoms. The highest BCUT2D eigenvalue weighted by atomic mass is 16.4. The maximum atomic E-state index is 11.3. The van der Waals surface area contributed by atoms with E-state index in [2.05, 4.69) is 9.97 Å². The summed E-state index contributed by atoms with van der Waals surface area (Å²) in [5.74, 6) is 0.179. The van der Waals surface area contributed by atoms with Gasteiger partial charge in [-0.15, -0.1) is 0 Å². The van der Waals surface area contributed by atoms with E-state index >= 15 is 0 Å². The molecule has 116 valence electrons. The van der Waals surface area contributed by atoms with Crippen molar-refractivity contribution in [2.24, 2.45) is 11.7 Å². The number of carboxylic acid groups (broad SMARTS) is 1. The van der Waals surface area contributed by atoms with Crippen LogP contribution in [0.5, 0.6) is 0 Å². The molecule has 0 amide bonds. The van der Waals surface area contributed by atoms with Crippen molar-refractivity contribution in [2.75, 3.05) is 37.0 Å². The van der Waals surface area contributed by atoms with Crippen LogP contribution in [-0.2, 0) is 4.79 Å². The predicted octanol–water partition coefficient (Wildman–Crippen LogP) is 0.479. The summed E-state index contributed by atoms with van der Waals surface area (Å²) in [7, 11) is 3.85. The van der Waals surface area contributed by atoms with Gasteiger partial charge in [0.1, 0.15) is 5.82 Å². The van der Waals surface area contributed by atoms with Gasteiger partial charge in [-0.05, 0) is 19.8 Å². The third-order valence-electron chi connectivity index (χ3n) is 3.77. The Hall–Kier alpha value is -1.89. The molecule has 1 aromatic heterocycles. The van der Waals surface area contributed by atoms with E-state index < -0.39 is 11.9 Å². The monoisotopic (exact) mass is 293 g/mol. The maximum absolute atomic E-state index is 11.3. The normalized spacial score (nSPS) is 22.8. The Morgan fingerprint density at radius 2 is 2.14 bits per heavy atom. The van der Waals surface area contributed by atoms with Crippen LogP contribution in [0.3, 0.4) is 0 Å². The number of hydrogen-bond donors (Lipinski definition) is 2. The van der Waals surface area contributed by atoms with Gasteiger partial charge in [-0.2, -0.15) is 4.98 Å². The van der Waals surface area contributed by atoms with E-state index in [1.54, 1.807) is 6.20 Å². The van der Waals surface area contributed by atoms with Crippen molar-refractivity contribution in [3.05, 3.63) is 11.8 Å². The smallest absolute Gasteiger partial charge is 0.308 e. The van der Waals surface area contributed by atoms with Crippen LogP contribution < -0.4 is 15.5 Å². The van der Waals surface area contributed by atoms with E-state index in [1.165, 1.54) is 0 Å². The van der Waals surface area contributed by atoms with Crippen molar-refractivity contribution < 1.29 is 9.90 Å². The zero-order chi connectivity index (χ0) is 15.6. The van der Waals surface area contributed by atoms with Crippen LogP contribution in [0.25, 0.3) is 0 Å². The summed E-state index contributed by atoms with van der Waals surface area (Å²) >= 11 is 0. The molecule has 0 saturated carbocycles. The maximum Gasteiger partial charge on any atom is 0.308 e. The molecule has 1 fully saturated rings. The minimum atomic E-state index is -0.783. The molecular formula is C14H23N5O2. The molecular weight excluding hydrogens is 270 g/mol. The van der Waals surface area contributed by atoms with Crippen molar-refractivity contribution in [3.63, 3.8) is 0 Å². The zero-order valence-electron chi connectivity index (χ0n) is 12.8. The fourth-order valence-electron chi connectivity index (χ4n) is 2.62. The number of rotatable bonds is 3. The van der Waals surface area contributed by atoms with Crippen molar-refractivity contribution in [3.8, 4) is 0 Å². The summed E-state index contributed by atoms with van der Waals surface area (Å²) in [5.41, 5.74) is 7.04. The van der Waals surface area contributed by atoms with E-state index in [1.807, 2.05) is 30.8 Å². The molecule has 1 saturated heterocycles. The summed E-state index contributed by atoms with van der Waals surface area (Å²) in [6.45, 7) is 2.94. The second-order valence-electron chi connectivity index (χ2n) is 5.85. The van der Waals surface area contributed by atoms with Crippen molar-refractivity contribution in [1.29, 1.82) is 0 Å². The highest BCUT2D eigenvalue weighted by Gasteiger charge is 2.28. The molecule has 0 spiro atoms. The van der Waals surface area contributed by atoms with Crippen LogP contribution in [0.2, 0.25) is 0 Å². The standard InChI is InChI=1S/C14H23N5O2/c1-9-6-16-14(17-12(9)18(2)3)19-7-10(13(20)21)4-5-11(15)8-19/h6,10-11H,4-5,7-8,15H2,1-3H3,(H,20,21)/t10-,11+/m0/s1. The van der Waals surface area contributed by atoms with Gasteiger partial charge in [-0.1, -0.05) is 0 Å². The molecule has 1 aromatic rings. The highest BCUT2D eigenvalue weighted by Crippen LogP contribution is 2.22. The van der Waals surface area contributed by atoms with E-state index in [0.717, 1.165) is 11.4 Å². The average molecular weight is 293 g/mol. The topological polar surface area (TPSA) is 95.6 Å². The van der Waals surface area contributed by atoms with Crippen LogP contribution in [-0.4, -0.2) is 54.3 Å². The van der Waals surface area contributed by atoms with Gasteiger partial charge in [-0.3, -0.25) is 4.79 Å². The van der Waals surface area contributed by atoms with E-state index in [0.29, 0.717) is 31.9 Å². The van der Waals surface area contributed by atoms with Crippen molar-refractivity contribution in [1.82, 2.24) is 9.97 Å². The molecule has 3 N–H and O–H groups in total. The highest BCUT2D eigenvalue weighted by molar-refractivity contribution is 5.71. The second-order valence-corrected chi connectivity index (χ2v) is 5.85. The Morgan fingerprint density at radius 1 is 1.43 bits per heavy atom. The second kappa shape index (κ2) is 6.26. The number of aliphatic carboxylic acids is 1. The summed E-state index contributed by atoms with van der Waals surface area (Å²) in [6.07, 6.45) is 3.07. The molecule has 7 nitrogen and oxygen atoms in total. The van der Waals surface area contributed by atoms with E-state index in [4.69, 9.17) is 5.73 Å². The number of carboxylic acids is 1. The van der Waals surface area contributed by atoms with E-state index in [-0.39, 0.29) is 6.04 Å². The lowest BCUT2D eigenvalue weighted by molar-refractivity contribution is -0.141. The lowest BCUT2D eigenvalue weighted by atomic mass is 10.0. The summed E-state index contributed by atoms with van der Waals surface area (Å²) < 4.78 is 0. The average Bonchev–Trinajstić information content (AvgIpc) is 2.61. The number of anilines is 2. The number of nitrogens with two attached hydrogens (primary N) is 1. The van der Waals surface area contributed by atoms with Gasteiger partial charge in [0.2, 0.25) is 5.95 Å². The van der Waals surface area contributed by atoms with Crippen LogP contribution in [0.4, 0.5) is 11.8 Å². The van der Waals surface area contributed by atoms with Crippen LogP contribution in [0.15, 0.2) is 6.20 Å². The number of hydrogen-bond acceptors (Lipinski definition) is 6. The molecule has 2 rings (SSSR count). The molecule has 0 bridgehead atoms. The third-order valence-corrected chi connectivity index (χ3v) is 3.77. The number of carbonyl (C=O) groups is 1. The molecule has 0 unspecified atom stereocenters. The molecule has 1 aliphatic rings. The fraction of sp³-hybridized carbons (Fsp3) is 0.643. The van der Waals surface area contributed by atoms with Crippen molar-refractivity contribution >= 4 is 17.7 Å². The van der Waals surface area contributed by atoms with Gasteiger partial charge < -0.3 is 20.6 Å². The van der Waals surface area contributed by atoms with Crippen molar-refractivity contribution in [2.45, 2.75) is 25.8 Å². The Morgan fingerprint density at radius 3 is 2.76 bits per heavy atom. The molecule has 0 aromatic carbocycles. The Balaban J connectivity index is 2.29. The first kappa shape index (κ1) is 15.5. The SMILES string of the molecule is Cc1cnc(N2C[C@H](N)CC[C@H](C(=O)O)C2)nc1N(C)C. The van der Waals surface area contributed by atoms with Gasteiger partial charge in [0, 0.05) is 45.0 Å². The van der Waals surface area contributed by atoms with Gasteiger partial charge >= 0.3 is 5.97 Å². The van der Waals surface area contributed by atoms with Gasteiger partial charge in [0.05, 0.1) is 5.92 Å². The first-order valence-electron chi connectivity index (χ1n) is 7.12. The number of aryl methyl sites for hydroxylation is 1. The molecule has 2 heterocycles. The largest absolute Gasteiger partial charge is 0.481 e. The number of aromatic nitrogens is 2. The Labute approximate surface area is 124 Å². The van der Waals surface area contributed by atoms with Gasteiger partial charge in [-0.25, -0.2) is 4.98 Å². The quantitative estimate of drug-likeness (QED) is 0.836. The third kappa shape index (κ3) is 3.60. The summed E-state index contributed by atoms with van der Waals surface area (Å²) in [4.78, 5) is 24.0. The first-order chi connectivity index (χ1) is 9.88. The minimum absolute atomic E-state index is 0.0536. The molecule has 0 radical (unpaired) electrons. The summed E-state index contributed by atoms with van der Waals surface area (Å²) in [6, 6.07) is -0.0536. The summed E-state index contributed by atoms with van der Waals surface area (Å²) in [5, 5.41) is 9.28. The minimum Gasteiger partial charge on any atom is -0.481 e. The van der Waals surface area contributed by atoms with Crippen LogP contribution in [0.1, 0.15) is 18.4 Å². The number of nitrogens with zero attached hydrogens (tertiary/aromatic N) is 4. The molecule has 7 heteroatoms. The molecule has 2 atom stereocenters. The fourth-order valence-corrected chi connectivity index (χ4v) is 2.62. The van der Waals surface area contributed by atoms with Crippen LogP contribution in [0, 0.1) is 12.8 Å². The Bertz CT molecular complexity index is 520.